The largest absolute Gasteiger partial charge is 0.467 e. The van der Waals surface area contributed by atoms with Crippen molar-refractivity contribution >= 4 is 29.4 Å². The molecule has 0 aliphatic carbocycles. The number of hydrogen-bond acceptors (Lipinski definition) is 7. The van der Waals surface area contributed by atoms with Gasteiger partial charge in [0.2, 0.25) is 11.8 Å². The normalized spacial score (nSPS) is 13.9. The zero-order valence-electron chi connectivity index (χ0n) is 21.7. The summed E-state index contributed by atoms with van der Waals surface area (Å²) in [5.74, 6) is -1.15. The second kappa shape index (κ2) is 14.7. The van der Waals surface area contributed by atoms with E-state index in [0.29, 0.717) is 56.6 Å². The van der Waals surface area contributed by atoms with E-state index in [4.69, 9.17) is 9.94 Å². The van der Waals surface area contributed by atoms with E-state index >= 15 is 0 Å². The third-order valence-corrected chi connectivity index (χ3v) is 6.64. The predicted octanol–water partition coefficient (Wildman–Crippen LogP) is 2.83. The number of hydroxylamine groups is 1. The molecular weight excluding hydrogens is 488 g/mol. The van der Waals surface area contributed by atoms with Gasteiger partial charge in [0.05, 0.1) is 7.11 Å². The average molecular weight is 525 g/mol. The van der Waals surface area contributed by atoms with Gasteiger partial charge in [-0.1, -0.05) is 43.2 Å². The number of carbonyl (C=O) groups excluding carboxylic acids is 4. The molecule has 1 fully saturated rings. The summed E-state index contributed by atoms with van der Waals surface area (Å²) in [5, 5.41) is 11.2. The number of hydrogen-bond donors (Lipinski definition) is 3. The molecule has 1 heterocycles. The Morgan fingerprint density at radius 3 is 2.11 bits per heavy atom. The monoisotopic (exact) mass is 524 g/mol. The molecule has 204 valence electrons. The number of rotatable bonds is 12. The lowest BCUT2D eigenvalue weighted by atomic mass is 10.1. The molecule has 0 bridgehead atoms. The summed E-state index contributed by atoms with van der Waals surface area (Å²) in [6, 6.07) is 15.3. The van der Waals surface area contributed by atoms with Crippen LogP contribution in [0.1, 0.15) is 60.5 Å². The summed E-state index contributed by atoms with van der Waals surface area (Å²) in [4.78, 5) is 52.7. The number of benzene rings is 2. The molecule has 2 aromatic rings. The Kier molecular flexibility index (Phi) is 11.1. The van der Waals surface area contributed by atoms with Crippen LogP contribution < -0.4 is 15.7 Å². The number of nitrogens with one attached hydrogen (secondary N) is 2. The van der Waals surface area contributed by atoms with Crippen LogP contribution in [0.3, 0.4) is 0 Å². The lowest BCUT2D eigenvalue weighted by molar-refractivity contribution is -0.143. The van der Waals surface area contributed by atoms with Gasteiger partial charge < -0.3 is 19.9 Å². The Balaban J connectivity index is 1.44. The van der Waals surface area contributed by atoms with Crippen LogP contribution in [-0.4, -0.2) is 67.1 Å². The van der Waals surface area contributed by atoms with Crippen molar-refractivity contribution in [2.24, 2.45) is 0 Å². The van der Waals surface area contributed by atoms with Crippen molar-refractivity contribution in [1.82, 2.24) is 15.7 Å². The Hall–Kier alpha value is -3.92. The summed E-state index contributed by atoms with van der Waals surface area (Å²) in [6.45, 7) is 2.67. The standard InChI is InChI=1S/C28H36N4O6/c1-38-28(36)26(21-9-5-4-6-10-21)29-27(35)22-13-15-23(16-14-22)31-17-19-32(20-18-31)25(34)12-8-3-2-7-11-24(33)30-37/h4-6,9-10,13-16,26,37H,2-3,7-8,11-12,17-20H2,1H3,(H,29,35)(H,30,33)/t26-/m0/s1. The zero-order valence-corrected chi connectivity index (χ0v) is 21.7. The SMILES string of the molecule is COC(=O)[C@@H](NC(=O)c1ccc(N2CCN(C(=O)CCCCCCC(=O)NO)CC2)cc1)c1ccccc1. The zero-order chi connectivity index (χ0) is 27.3. The van der Waals surface area contributed by atoms with Gasteiger partial charge in [0.25, 0.3) is 5.91 Å². The number of carbonyl (C=O) groups is 4. The van der Waals surface area contributed by atoms with Crippen LogP contribution in [0.15, 0.2) is 54.6 Å². The number of nitrogens with zero attached hydrogens (tertiary/aromatic N) is 2. The first-order valence-electron chi connectivity index (χ1n) is 12.9. The van der Waals surface area contributed by atoms with Crippen LogP contribution in [0.2, 0.25) is 0 Å². The second-order valence-corrected chi connectivity index (χ2v) is 9.20. The van der Waals surface area contributed by atoms with E-state index in [0.717, 1.165) is 24.9 Å². The number of anilines is 1. The number of esters is 1. The summed E-state index contributed by atoms with van der Waals surface area (Å²) in [5.41, 5.74) is 3.66. The highest BCUT2D eigenvalue weighted by molar-refractivity contribution is 5.97. The molecule has 2 aromatic carbocycles. The fraction of sp³-hybridized carbons (Fsp3) is 0.429. The Morgan fingerprint density at radius 1 is 0.868 bits per heavy atom. The van der Waals surface area contributed by atoms with Gasteiger partial charge in [0, 0.05) is 50.3 Å². The first-order valence-corrected chi connectivity index (χ1v) is 12.9. The van der Waals surface area contributed by atoms with Crippen LogP contribution >= 0.6 is 0 Å². The minimum Gasteiger partial charge on any atom is -0.467 e. The number of ether oxygens (including phenoxy) is 1. The molecule has 10 heteroatoms. The van der Waals surface area contributed by atoms with Crippen molar-refractivity contribution < 1.29 is 29.1 Å². The molecule has 0 radical (unpaired) electrons. The van der Waals surface area contributed by atoms with Crippen molar-refractivity contribution in [2.45, 2.75) is 44.6 Å². The average Bonchev–Trinajstić information content (AvgIpc) is 2.97. The predicted molar refractivity (Wildman–Crippen MR) is 142 cm³/mol. The molecule has 0 saturated carbocycles. The van der Waals surface area contributed by atoms with Crippen molar-refractivity contribution in [3.63, 3.8) is 0 Å². The van der Waals surface area contributed by atoms with E-state index in [9.17, 15) is 19.2 Å². The minimum absolute atomic E-state index is 0.142. The topological polar surface area (TPSA) is 128 Å². The van der Waals surface area contributed by atoms with Gasteiger partial charge in [0.15, 0.2) is 6.04 Å². The third kappa shape index (κ3) is 8.31. The van der Waals surface area contributed by atoms with E-state index in [1.807, 2.05) is 23.1 Å². The molecule has 1 atom stereocenters. The molecule has 1 saturated heterocycles. The highest BCUT2D eigenvalue weighted by atomic mass is 16.5. The molecule has 0 aromatic heterocycles. The highest BCUT2D eigenvalue weighted by Gasteiger charge is 2.25. The molecule has 3 N–H and O–H groups in total. The van der Waals surface area contributed by atoms with Gasteiger partial charge in [-0.2, -0.15) is 0 Å². The van der Waals surface area contributed by atoms with Gasteiger partial charge in [0.1, 0.15) is 0 Å². The quantitative estimate of drug-likeness (QED) is 0.169. The maximum absolute atomic E-state index is 12.8. The Morgan fingerprint density at radius 2 is 1.50 bits per heavy atom. The number of methoxy groups -OCH3 is 1. The first-order chi connectivity index (χ1) is 18.4. The van der Waals surface area contributed by atoms with Gasteiger partial charge in [-0.3, -0.25) is 19.6 Å². The van der Waals surface area contributed by atoms with E-state index in [-0.39, 0.29) is 17.7 Å². The summed E-state index contributed by atoms with van der Waals surface area (Å²) >= 11 is 0. The number of unbranched alkanes of at least 4 members (excludes halogenated alkanes) is 3. The molecule has 38 heavy (non-hydrogen) atoms. The van der Waals surface area contributed by atoms with Crippen LogP contribution in [-0.2, 0) is 19.1 Å². The molecular formula is C28H36N4O6. The molecule has 0 unspecified atom stereocenters. The van der Waals surface area contributed by atoms with Crippen molar-refractivity contribution in [3.8, 4) is 0 Å². The van der Waals surface area contributed by atoms with Crippen LogP contribution in [0.4, 0.5) is 5.69 Å². The fourth-order valence-corrected chi connectivity index (χ4v) is 4.42. The maximum Gasteiger partial charge on any atom is 0.333 e. The van der Waals surface area contributed by atoms with Gasteiger partial charge in [-0.15, -0.1) is 0 Å². The number of piperazine rings is 1. The molecule has 1 aliphatic heterocycles. The van der Waals surface area contributed by atoms with E-state index in [1.54, 1.807) is 41.9 Å². The Bertz CT molecular complexity index is 1070. The molecule has 3 amide bonds. The number of amides is 3. The van der Waals surface area contributed by atoms with Gasteiger partial charge in [-0.05, 0) is 42.7 Å². The maximum atomic E-state index is 12.8. The van der Waals surface area contributed by atoms with E-state index in [2.05, 4.69) is 10.2 Å². The van der Waals surface area contributed by atoms with E-state index in [1.165, 1.54) is 7.11 Å². The summed E-state index contributed by atoms with van der Waals surface area (Å²) in [7, 11) is 1.29. The lowest BCUT2D eigenvalue weighted by Gasteiger charge is -2.36. The Labute approximate surface area is 222 Å². The smallest absolute Gasteiger partial charge is 0.333 e. The van der Waals surface area contributed by atoms with Crippen LogP contribution in [0.5, 0.6) is 0 Å². The van der Waals surface area contributed by atoms with Crippen molar-refractivity contribution in [1.29, 1.82) is 0 Å². The lowest BCUT2D eigenvalue weighted by Crippen LogP contribution is -2.48. The van der Waals surface area contributed by atoms with E-state index < -0.39 is 12.0 Å². The van der Waals surface area contributed by atoms with Crippen molar-refractivity contribution in [3.05, 3.63) is 65.7 Å². The second-order valence-electron chi connectivity index (χ2n) is 9.20. The molecule has 1 aliphatic rings. The van der Waals surface area contributed by atoms with Crippen LogP contribution in [0, 0.1) is 0 Å². The molecule has 10 nitrogen and oxygen atoms in total. The molecule has 0 spiro atoms. The van der Waals surface area contributed by atoms with Crippen LogP contribution in [0.25, 0.3) is 0 Å². The highest BCUT2D eigenvalue weighted by Crippen LogP contribution is 2.20. The fourth-order valence-electron chi connectivity index (χ4n) is 4.42. The third-order valence-electron chi connectivity index (χ3n) is 6.64. The van der Waals surface area contributed by atoms with Gasteiger partial charge in [-0.25, -0.2) is 10.3 Å². The van der Waals surface area contributed by atoms with Gasteiger partial charge >= 0.3 is 5.97 Å². The summed E-state index contributed by atoms with van der Waals surface area (Å²) in [6.07, 6.45) is 3.97. The summed E-state index contributed by atoms with van der Waals surface area (Å²) < 4.78 is 4.87. The van der Waals surface area contributed by atoms with Crippen molar-refractivity contribution in [2.75, 3.05) is 38.2 Å². The first kappa shape index (κ1) is 28.6. The molecule has 3 rings (SSSR count). The minimum atomic E-state index is -0.897.